The van der Waals surface area contributed by atoms with Crippen LogP contribution >= 0.6 is 0 Å². The van der Waals surface area contributed by atoms with Gasteiger partial charge in [-0.3, -0.25) is 0 Å². The van der Waals surface area contributed by atoms with Gasteiger partial charge in [0, 0.05) is 12.0 Å². The molecule has 0 spiro atoms. The van der Waals surface area contributed by atoms with E-state index in [1.54, 1.807) is 0 Å². The highest BCUT2D eigenvalue weighted by Gasteiger charge is 2.66. The Morgan fingerprint density at radius 2 is 1.65 bits per heavy atom. The summed E-state index contributed by atoms with van der Waals surface area (Å²) in [5, 5.41) is 10.6. The Morgan fingerprint density at radius 3 is 2.39 bits per heavy atom. The van der Waals surface area contributed by atoms with Gasteiger partial charge >= 0.3 is 0 Å². The molecule has 1 heterocycles. The van der Waals surface area contributed by atoms with Crippen molar-refractivity contribution in [3.63, 3.8) is 0 Å². The average molecular weight is 319 g/mol. The lowest BCUT2D eigenvalue weighted by Gasteiger charge is -2.67. The molecule has 0 bridgehead atoms. The van der Waals surface area contributed by atoms with Crippen LogP contribution < -0.4 is 0 Å². The zero-order chi connectivity index (χ0) is 16.7. The summed E-state index contributed by atoms with van der Waals surface area (Å²) in [5.74, 6) is 1.23. The summed E-state index contributed by atoms with van der Waals surface area (Å²) in [5.41, 5.74) is 0.946. The number of aliphatic hydroxyl groups is 1. The van der Waals surface area contributed by atoms with E-state index in [-0.39, 0.29) is 16.9 Å². The molecule has 2 heteroatoms. The SMILES string of the molecule is CC1(C)[C@@H](O)CC[C@]2(C)[C@H]3C=C[C@@H]4OCC[C@]4(C)[C@@]3(C)CC[C@@H]12. The molecule has 4 aliphatic rings. The van der Waals surface area contributed by atoms with Crippen LogP contribution in [0.25, 0.3) is 0 Å². The monoisotopic (exact) mass is 318 g/mol. The third-order valence-corrected chi connectivity index (χ3v) is 9.19. The second-order valence-corrected chi connectivity index (χ2v) is 10.2. The Hall–Kier alpha value is -0.340. The first-order valence-electron chi connectivity index (χ1n) is 9.64. The lowest BCUT2D eigenvalue weighted by molar-refractivity contribution is -0.191. The predicted molar refractivity (Wildman–Crippen MR) is 93.1 cm³/mol. The summed E-state index contributed by atoms with van der Waals surface area (Å²) >= 11 is 0. The van der Waals surface area contributed by atoms with Crippen LogP contribution in [-0.4, -0.2) is 23.9 Å². The largest absolute Gasteiger partial charge is 0.393 e. The topological polar surface area (TPSA) is 29.5 Å². The van der Waals surface area contributed by atoms with Crippen molar-refractivity contribution in [2.24, 2.45) is 33.5 Å². The van der Waals surface area contributed by atoms with E-state index in [2.05, 4.69) is 46.8 Å². The smallest absolute Gasteiger partial charge is 0.0815 e. The quantitative estimate of drug-likeness (QED) is 0.663. The Morgan fingerprint density at radius 1 is 0.913 bits per heavy atom. The molecule has 3 fully saturated rings. The van der Waals surface area contributed by atoms with Crippen molar-refractivity contribution in [2.45, 2.75) is 78.9 Å². The van der Waals surface area contributed by atoms with Gasteiger partial charge in [-0.25, -0.2) is 0 Å². The minimum absolute atomic E-state index is 0.0338. The summed E-state index contributed by atoms with van der Waals surface area (Å²) in [4.78, 5) is 0. The standard InChI is InChI=1S/C21H34O2/c1-18(2)14-8-11-20(4)15(19(14,3)10-9-16(18)22)6-7-17-21(20,5)12-13-23-17/h6-7,14-17,22H,8-13H2,1-5H3/t14-,15+,16-,17-,19-,20-,21-/m0/s1. The molecule has 0 amide bonds. The van der Waals surface area contributed by atoms with Gasteiger partial charge in [-0.15, -0.1) is 0 Å². The fourth-order valence-electron chi connectivity index (χ4n) is 7.37. The van der Waals surface area contributed by atoms with Crippen LogP contribution in [-0.2, 0) is 4.74 Å². The van der Waals surface area contributed by atoms with Crippen LogP contribution in [0.5, 0.6) is 0 Å². The Kier molecular flexibility index (Phi) is 3.25. The molecular formula is C21H34O2. The van der Waals surface area contributed by atoms with Gasteiger partial charge in [-0.1, -0.05) is 46.8 Å². The van der Waals surface area contributed by atoms with Crippen LogP contribution in [0, 0.1) is 33.5 Å². The normalized spacial score (nSPS) is 57.5. The number of hydrogen-bond acceptors (Lipinski definition) is 2. The number of aliphatic hydroxyl groups excluding tert-OH is 1. The van der Waals surface area contributed by atoms with Crippen molar-refractivity contribution < 1.29 is 9.84 Å². The fourth-order valence-corrected chi connectivity index (χ4v) is 7.37. The molecule has 1 aliphatic heterocycles. The Bertz CT molecular complexity index is 538. The maximum atomic E-state index is 10.6. The van der Waals surface area contributed by atoms with E-state index >= 15 is 0 Å². The molecule has 1 N–H and O–H groups in total. The summed E-state index contributed by atoms with van der Waals surface area (Å²) in [6.07, 6.45) is 10.9. The highest BCUT2D eigenvalue weighted by molar-refractivity contribution is 5.24. The van der Waals surface area contributed by atoms with E-state index in [1.807, 2.05) is 0 Å². The van der Waals surface area contributed by atoms with E-state index < -0.39 is 0 Å². The molecule has 3 aliphatic carbocycles. The van der Waals surface area contributed by atoms with Crippen LogP contribution in [0.3, 0.4) is 0 Å². The number of rotatable bonds is 0. The van der Waals surface area contributed by atoms with Crippen molar-refractivity contribution >= 4 is 0 Å². The molecule has 23 heavy (non-hydrogen) atoms. The molecule has 0 unspecified atom stereocenters. The second-order valence-electron chi connectivity index (χ2n) is 10.2. The molecule has 0 radical (unpaired) electrons. The van der Waals surface area contributed by atoms with Crippen LogP contribution in [0.4, 0.5) is 0 Å². The van der Waals surface area contributed by atoms with Crippen LogP contribution in [0.1, 0.15) is 66.7 Å². The highest BCUT2D eigenvalue weighted by atomic mass is 16.5. The minimum atomic E-state index is -0.143. The zero-order valence-electron chi connectivity index (χ0n) is 15.6. The van der Waals surface area contributed by atoms with E-state index in [1.165, 1.54) is 19.3 Å². The molecule has 2 nitrogen and oxygen atoms in total. The number of ether oxygens (including phenoxy) is 1. The van der Waals surface area contributed by atoms with Gasteiger partial charge in [0.2, 0.25) is 0 Å². The summed E-state index contributed by atoms with van der Waals surface area (Å²) in [6, 6.07) is 0. The van der Waals surface area contributed by atoms with E-state index in [9.17, 15) is 5.11 Å². The van der Waals surface area contributed by atoms with Gasteiger partial charge in [0.25, 0.3) is 0 Å². The molecule has 0 aromatic rings. The minimum Gasteiger partial charge on any atom is -0.393 e. The van der Waals surface area contributed by atoms with Crippen molar-refractivity contribution in [1.82, 2.24) is 0 Å². The van der Waals surface area contributed by atoms with Crippen molar-refractivity contribution in [1.29, 1.82) is 0 Å². The van der Waals surface area contributed by atoms with E-state index in [0.717, 1.165) is 19.4 Å². The molecule has 0 aromatic heterocycles. The number of hydrogen-bond donors (Lipinski definition) is 1. The molecule has 130 valence electrons. The maximum Gasteiger partial charge on any atom is 0.0815 e. The van der Waals surface area contributed by atoms with E-state index in [0.29, 0.717) is 28.8 Å². The first-order chi connectivity index (χ1) is 10.7. The molecule has 4 rings (SSSR count). The van der Waals surface area contributed by atoms with Gasteiger partial charge in [-0.2, -0.15) is 0 Å². The zero-order valence-corrected chi connectivity index (χ0v) is 15.6. The maximum absolute atomic E-state index is 10.6. The molecule has 0 aromatic carbocycles. The molecule has 1 saturated heterocycles. The van der Waals surface area contributed by atoms with Gasteiger partial charge in [0.1, 0.15) is 0 Å². The fraction of sp³-hybridized carbons (Fsp3) is 0.905. The molecule has 2 saturated carbocycles. The second kappa shape index (κ2) is 4.64. The number of allylic oxidation sites excluding steroid dienone is 1. The van der Waals surface area contributed by atoms with Crippen molar-refractivity contribution in [3.05, 3.63) is 12.2 Å². The summed E-state index contributed by atoms with van der Waals surface area (Å²) in [6.45, 7) is 13.1. The van der Waals surface area contributed by atoms with Gasteiger partial charge in [0.05, 0.1) is 12.2 Å². The summed E-state index contributed by atoms with van der Waals surface area (Å²) in [7, 11) is 0. The molecular weight excluding hydrogens is 284 g/mol. The van der Waals surface area contributed by atoms with Crippen molar-refractivity contribution in [3.8, 4) is 0 Å². The lowest BCUT2D eigenvalue weighted by Crippen LogP contribution is -2.63. The average Bonchev–Trinajstić information content (AvgIpc) is 2.86. The van der Waals surface area contributed by atoms with Crippen LogP contribution in [0.15, 0.2) is 12.2 Å². The van der Waals surface area contributed by atoms with Gasteiger partial charge in [-0.05, 0) is 60.2 Å². The first kappa shape index (κ1) is 16.1. The number of fused-ring (bicyclic) bond motifs is 5. The highest BCUT2D eigenvalue weighted by Crippen LogP contribution is 2.71. The van der Waals surface area contributed by atoms with Gasteiger partial charge < -0.3 is 9.84 Å². The predicted octanol–water partition coefficient (Wildman–Crippen LogP) is 4.57. The van der Waals surface area contributed by atoms with E-state index in [4.69, 9.17) is 4.74 Å². The Balaban J connectivity index is 1.80. The lowest BCUT2D eigenvalue weighted by atomic mass is 9.37. The Labute approximate surface area is 141 Å². The van der Waals surface area contributed by atoms with Crippen LogP contribution in [0.2, 0.25) is 0 Å². The summed E-state index contributed by atoms with van der Waals surface area (Å²) < 4.78 is 6.07. The third kappa shape index (κ3) is 1.78. The molecule has 7 atom stereocenters. The van der Waals surface area contributed by atoms with Crippen molar-refractivity contribution in [2.75, 3.05) is 6.61 Å². The third-order valence-electron chi connectivity index (χ3n) is 9.19. The van der Waals surface area contributed by atoms with Gasteiger partial charge in [0.15, 0.2) is 0 Å². The first-order valence-corrected chi connectivity index (χ1v) is 9.64.